The van der Waals surface area contributed by atoms with Crippen LogP contribution in [0.5, 0.6) is 0 Å². The van der Waals surface area contributed by atoms with Crippen LogP contribution in [-0.4, -0.2) is 4.57 Å². The third-order valence-corrected chi connectivity index (χ3v) is 13.7. The van der Waals surface area contributed by atoms with Crippen molar-refractivity contribution in [2.24, 2.45) is 0 Å². The average molecular weight is 877 g/mol. The van der Waals surface area contributed by atoms with Gasteiger partial charge >= 0.3 is 0 Å². The van der Waals surface area contributed by atoms with Crippen LogP contribution >= 0.6 is 0 Å². The second-order valence-corrected chi connectivity index (χ2v) is 20.2. The van der Waals surface area contributed by atoms with E-state index in [4.69, 9.17) is 0 Å². The maximum Gasteiger partial charge on any atom is 0.0620 e. The normalized spacial score (nSPS) is 12.0. The smallest absolute Gasteiger partial charge is 0.0620 e. The Kier molecular flexibility index (Phi) is 10.7. The number of para-hydroxylation sites is 6. The third-order valence-electron chi connectivity index (χ3n) is 13.7. The molecule has 0 amide bonds. The Labute approximate surface area is 401 Å². The van der Waals surface area contributed by atoms with Gasteiger partial charge in [-0.2, -0.15) is 0 Å². The maximum absolute atomic E-state index is 2.53. The number of rotatable bonds is 8. The summed E-state index contributed by atoms with van der Waals surface area (Å²) in [6.45, 7) is 13.9. The van der Waals surface area contributed by atoms with Crippen LogP contribution in [0.1, 0.15) is 52.7 Å². The number of benzene rings is 10. The summed E-state index contributed by atoms with van der Waals surface area (Å²) in [5.74, 6) is 0. The number of fused-ring (bicyclic) bond motifs is 4. The van der Waals surface area contributed by atoms with E-state index in [1.165, 1.54) is 66.0 Å². The number of anilines is 3. The molecule has 2 heteroatoms. The number of nitrogens with zero attached hydrogens (tertiary/aromatic N) is 2. The summed E-state index contributed by atoms with van der Waals surface area (Å²) in [5, 5.41) is 4.92. The molecule has 0 radical (unpaired) electrons. The van der Waals surface area contributed by atoms with Crippen molar-refractivity contribution < 1.29 is 0 Å². The van der Waals surface area contributed by atoms with Gasteiger partial charge in [-0.05, 0) is 91.4 Å². The Hall–Kier alpha value is -7.94. The molecule has 0 unspecified atom stereocenters. The van der Waals surface area contributed by atoms with Gasteiger partial charge in [-0.3, -0.25) is 0 Å². The fourth-order valence-electron chi connectivity index (χ4n) is 10.2. The highest BCUT2D eigenvalue weighted by Gasteiger charge is 2.27. The molecule has 330 valence electrons. The first-order chi connectivity index (χ1) is 33.0. The summed E-state index contributed by atoms with van der Waals surface area (Å²) < 4.78 is 2.45. The van der Waals surface area contributed by atoms with E-state index >= 15 is 0 Å². The van der Waals surface area contributed by atoms with Crippen LogP contribution in [-0.2, 0) is 10.8 Å². The minimum absolute atomic E-state index is 0.0180. The van der Waals surface area contributed by atoms with Gasteiger partial charge in [0.2, 0.25) is 0 Å². The monoisotopic (exact) mass is 876 g/mol. The van der Waals surface area contributed by atoms with Gasteiger partial charge in [0.05, 0.1) is 28.1 Å². The lowest BCUT2D eigenvalue weighted by Crippen LogP contribution is -2.16. The fraction of sp³-hybridized carbons (Fsp3) is 0.121. The van der Waals surface area contributed by atoms with Crippen LogP contribution in [0.15, 0.2) is 231 Å². The first-order valence-corrected chi connectivity index (χ1v) is 23.9. The Morgan fingerprint density at radius 2 is 0.794 bits per heavy atom. The molecule has 0 atom stereocenters. The SMILES string of the molecule is CC(C)(C)c1cc(-c2cccc3cccc(-c4ccccc4N(c4ccccc4-c4ccccc4)c4ccccc4-c4cccc5c6ccccc6n(-c6ccccc6)c45)c23)cc(C(C)(C)C)c1. The zero-order valence-corrected chi connectivity index (χ0v) is 39.8. The van der Waals surface area contributed by atoms with E-state index in [0.717, 1.165) is 45.0 Å². The van der Waals surface area contributed by atoms with E-state index in [1.807, 2.05) is 0 Å². The summed E-state index contributed by atoms with van der Waals surface area (Å²) in [5.41, 5.74) is 18.9. The van der Waals surface area contributed by atoms with Gasteiger partial charge in [0.25, 0.3) is 0 Å². The van der Waals surface area contributed by atoms with Gasteiger partial charge < -0.3 is 9.47 Å². The lowest BCUT2D eigenvalue weighted by atomic mass is 9.78. The van der Waals surface area contributed by atoms with Crippen molar-refractivity contribution in [3.63, 3.8) is 0 Å². The van der Waals surface area contributed by atoms with E-state index < -0.39 is 0 Å². The third kappa shape index (κ3) is 7.57. The molecule has 0 spiro atoms. The average Bonchev–Trinajstić information content (AvgIpc) is 3.71. The zero-order valence-electron chi connectivity index (χ0n) is 39.8. The number of hydrogen-bond acceptors (Lipinski definition) is 1. The highest BCUT2D eigenvalue weighted by atomic mass is 15.2. The van der Waals surface area contributed by atoms with Gasteiger partial charge in [0.15, 0.2) is 0 Å². The van der Waals surface area contributed by atoms with Gasteiger partial charge in [0.1, 0.15) is 0 Å². The van der Waals surface area contributed by atoms with E-state index in [1.54, 1.807) is 0 Å². The Morgan fingerprint density at radius 3 is 1.43 bits per heavy atom. The molecule has 1 heterocycles. The van der Waals surface area contributed by atoms with Crippen molar-refractivity contribution in [3.8, 4) is 50.2 Å². The minimum atomic E-state index is -0.0180. The van der Waals surface area contributed by atoms with Gasteiger partial charge in [0, 0.05) is 38.7 Å². The van der Waals surface area contributed by atoms with Crippen molar-refractivity contribution in [1.82, 2.24) is 4.57 Å². The Bertz CT molecular complexity index is 3600. The van der Waals surface area contributed by atoms with E-state index in [2.05, 4.69) is 282 Å². The molecule has 68 heavy (non-hydrogen) atoms. The van der Waals surface area contributed by atoms with E-state index in [9.17, 15) is 0 Å². The topological polar surface area (TPSA) is 8.17 Å². The number of aromatic nitrogens is 1. The Morgan fingerprint density at radius 1 is 0.338 bits per heavy atom. The first kappa shape index (κ1) is 42.7. The van der Waals surface area contributed by atoms with Crippen LogP contribution in [0.3, 0.4) is 0 Å². The zero-order chi connectivity index (χ0) is 46.6. The minimum Gasteiger partial charge on any atom is -0.309 e. The lowest BCUT2D eigenvalue weighted by Gasteiger charge is -2.32. The largest absolute Gasteiger partial charge is 0.309 e. The molecule has 0 aliphatic heterocycles. The molecule has 0 saturated heterocycles. The quantitative estimate of drug-likeness (QED) is 0.148. The van der Waals surface area contributed by atoms with E-state index in [0.29, 0.717) is 0 Å². The molecule has 0 bridgehead atoms. The van der Waals surface area contributed by atoms with Crippen LogP contribution in [0.25, 0.3) is 82.8 Å². The second-order valence-electron chi connectivity index (χ2n) is 20.2. The second kappa shape index (κ2) is 17.0. The van der Waals surface area contributed by atoms with Gasteiger partial charge in [-0.25, -0.2) is 0 Å². The summed E-state index contributed by atoms with van der Waals surface area (Å²) in [6, 6.07) is 85.1. The summed E-state index contributed by atoms with van der Waals surface area (Å²) in [7, 11) is 0. The van der Waals surface area contributed by atoms with Crippen LogP contribution in [0.2, 0.25) is 0 Å². The lowest BCUT2D eigenvalue weighted by molar-refractivity contribution is 0.569. The molecule has 11 aromatic rings. The highest BCUT2D eigenvalue weighted by Crippen LogP contribution is 2.51. The van der Waals surface area contributed by atoms with Crippen LogP contribution in [0, 0.1) is 0 Å². The summed E-state index contributed by atoms with van der Waals surface area (Å²) >= 11 is 0. The predicted molar refractivity (Wildman–Crippen MR) is 292 cm³/mol. The van der Waals surface area contributed by atoms with Crippen molar-refractivity contribution in [2.45, 2.75) is 52.4 Å². The molecular formula is C66H56N2. The number of hydrogen-bond donors (Lipinski definition) is 0. The van der Waals surface area contributed by atoms with Crippen molar-refractivity contribution in [3.05, 3.63) is 242 Å². The molecule has 2 nitrogen and oxygen atoms in total. The first-order valence-electron chi connectivity index (χ1n) is 23.9. The van der Waals surface area contributed by atoms with Crippen molar-refractivity contribution in [1.29, 1.82) is 0 Å². The standard InChI is InChI=1S/C66H56N2/c1-65(2,3)48-42-47(43-49(44-48)66(4,5)6)52-34-21-26-46-27-22-35-56(63(46)52)53-31-14-19-40-61(53)68(59-38-17-13-30-51(59)45-24-9-7-10-25-45)62-41-20-16-33-55(62)58-37-23-36-57-54-32-15-18-39-60(54)67(64(57)58)50-28-11-8-12-29-50/h7-44H,1-6H3. The fourth-order valence-corrected chi connectivity index (χ4v) is 10.2. The molecule has 0 aliphatic carbocycles. The van der Waals surface area contributed by atoms with Crippen molar-refractivity contribution in [2.75, 3.05) is 4.90 Å². The molecule has 0 saturated carbocycles. The van der Waals surface area contributed by atoms with Gasteiger partial charge in [-0.15, -0.1) is 0 Å². The molecule has 0 aliphatic rings. The van der Waals surface area contributed by atoms with Crippen molar-refractivity contribution >= 4 is 49.6 Å². The molecule has 10 aromatic carbocycles. The molecule has 1 aromatic heterocycles. The van der Waals surface area contributed by atoms with Gasteiger partial charge in [-0.1, -0.05) is 236 Å². The predicted octanol–water partition coefficient (Wildman–Crippen LogP) is 18.7. The molecule has 0 fully saturated rings. The molecule has 11 rings (SSSR count). The highest BCUT2D eigenvalue weighted by molar-refractivity contribution is 6.15. The van der Waals surface area contributed by atoms with E-state index in [-0.39, 0.29) is 10.8 Å². The van der Waals surface area contributed by atoms with Crippen LogP contribution in [0.4, 0.5) is 17.1 Å². The summed E-state index contributed by atoms with van der Waals surface area (Å²) in [4.78, 5) is 2.53. The maximum atomic E-state index is 2.53. The molecular weight excluding hydrogens is 821 g/mol. The summed E-state index contributed by atoms with van der Waals surface area (Å²) in [6.07, 6.45) is 0. The molecule has 0 N–H and O–H groups in total. The van der Waals surface area contributed by atoms with Crippen LogP contribution < -0.4 is 4.90 Å². The Balaban J connectivity index is 1.21.